The molecule has 1 nitrogen and oxygen atoms in total. The molecule has 0 heterocycles. The van der Waals surface area contributed by atoms with Gasteiger partial charge in [0, 0.05) is 6.04 Å². The normalized spacial score (nSPS) is 17.9. The van der Waals surface area contributed by atoms with E-state index in [0.717, 1.165) is 11.8 Å². The molecule has 102 valence electrons. The van der Waals surface area contributed by atoms with Crippen LogP contribution < -0.4 is 5.32 Å². The molecular formula is C16H33N. The first-order chi connectivity index (χ1) is 8.04. The predicted molar refractivity (Wildman–Crippen MR) is 79.4 cm³/mol. The van der Waals surface area contributed by atoms with Crippen LogP contribution in [-0.4, -0.2) is 13.1 Å². The van der Waals surface area contributed by atoms with Crippen LogP contribution in [0, 0.1) is 11.8 Å². The van der Waals surface area contributed by atoms with Crippen molar-refractivity contribution in [3.05, 3.63) is 11.6 Å². The summed E-state index contributed by atoms with van der Waals surface area (Å²) < 4.78 is 0. The minimum atomic E-state index is 0.617. The zero-order valence-corrected chi connectivity index (χ0v) is 12.8. The minimum Gasteiger partial charge on any atom is -0.317 e. The van der Waals surface area contributed by atoms with E-state index in [1.165, 1.54) is 32.1 Å². The van der Waals surface area contributed by atoms with E-state index in [9.17, 15) is 0 Å². The number of allylic oxidation sites excluding steroid dienone is 2. The second-order valence-corrected chi connectivity index (χ2v) is 5.58. The van der Waals surface area contributed by atoms with E-state index < -0.39 is 0 Å². The average molecular weight is 239 g/mol. The summed E-state index contributed by atoms with van der Waals surface area (Å²) >= 11 is 0. The third-order valence-corrected chi connectivity index (χ3v) is 3.61. The highest BCUT2D eigenvalue weighted by atomic mass is 14.8. The van der Waals surface area contributed by atoms with Crippen LogP contribution in [0.4, 0.5) is 0 Å². The van der Waals surface area contributed by atoms with Crippen LogP contribution in [-0.2, 0) is 0 Å². The fraction of sp³-hybridized carbons (Fsp3) is 0.875. The Morgan fingerprint density at radius 1 is 1.12 bits per heavy atom. The summed E-state index contributed by atoms with van der Waals surface area (Å²) in [5.74, 6) is 1.46. The van der Waals surface area contributed by atoms with E-state index >= 15 is 0 Å². The van der Waals surface area contributed by atoms with Crippen molar-refractivity contribution in [3.63, 3.8) is 0 Å². The van der Waals surface area contributed by atoms with Gasteiger partial charge >= 0.3 is 0 Å². The lowest BCUT2D eigenvalue weighted by molar-refractivity contribution is 0.469. The fourth-order valence-electron chi connectivity index (χ4n) is 2.49. The van der Waals surface area contributed by atoms with Crippen LogP contribution in [0.15, 0.2) is 11.6 Å². The van der Waals surface area contributed by atoms with E-state index in [4.69, 9.17) is 0 Å². The molecule has 0 fully saturated rings. The monoisotopic (exact) mass is 239 g/mol. The molecule has 0 aliphatic heterocycles. The van der Waals surface area contributed by atoms with Gasteiger partial charge in [-0.2, -0.15) is 0 Å². The van der Waals surface area contributed by atoms with Crippen molar-refractivity contribution >= 4 is 0 Å². The Balaban J connectivity index is 4.48. The first-order valence-corrected chi connectivity index (χ1v) is 7.42. The van der Waals surface area contributed by atoms with Crippen LogP contribution in [0.2, 0.25) is 0 Å². The van der Waals surface area contributed by atoms with Gasteiger partial charge in [-0.3, -0.25) is 0 Å². The Kier molecular flexibility index (Phi) is 9.53. The van der Waals surface area contributed by atoms with Crippen LogP contribution >= 0.6 is 0 Å². The van der Waals surface area contributed by atoms with Crippen LogP contribution in [0.3, 0.4) is 0 Å². The minimum absolute atomic E-state index is 0.617. The van der Waals surface area contributed by atoms with Gasteiger partial charge in [-0.25, -0.2) is 0 Å². The molecule has 17 heavy (non-hydrogen) atoms. The lowest BCUT2D eigenvalue weighted by atomic mass is 9.88. The maximum absolute atomic E-state index is 3.34. The average Bonchev–Trinajstić information content (AvgIpc) is 2.28. The Labute approximate surface area is 109 Å². The third-order valence-electron chi connectivity index (χ3n) is 3.61. The largest absolute Gasteiger partial charge is 0.317 e. The van der Waals surface area contributed by atoms with E-state index in [1.54, 1.807) is 5.57 Å². The molecule has 3 unspecified atom stereocenters. The van der Waals surface area contributed by atoms with E-state index in [-0.39, 0.29) is 0 Å². The highest BCUT2D eigenvalue weighted by Gasteiger charge is 2.12. The molecule has 0 aliphatic carbocycles. The zero-order chi connectivity index (χ0) is 13.3. The molecule has 0 spiro atoms. The van der Waals surface area contributed by atoms with Gasteiger partial charge in [-0.1, -0.05) is 52.2 Å². The Hall–Kier alpha value is -0.300. The Morgan fingerprint density at radius 2 is 1.76 bits per heavy atom. The second kappa shape index (κ2) is 9.70. The second-order valence-electron chi connectivity index (χ2n) is 5.58. The quantitative estimate of drug-likeness (QED) is 0.571. The zero-order valence-electron chi connectivity index (χ0n) is 12.8. The summed E-state index contributed by atoms with van der Waals surface area (Å²) in [6.07, 6.45) is 8.94. The van der Waals surface area contributed by atoms with Gasteiger partial charge < -0.3 is 5.32 Å². The highest BCUT2D eigenvalue weighted by Crippen LogP contribution is 2.24. The maximum Gasteiger partial charge on any atom is 0.00413 e. The number of rotatable bonds is 9. The molecule has 0 aromatic heterocycles. The van der Waals surface area contributed by atoms with Gasteiger partial charge in [0.05, 0.1) is 0 Å². The van der Waals surface area contributed by atoms with Gasteiger partial charge in [-0.15, -0.1) is 0 Å². The summed E-state index contributed by atoms with van der Waals surface area (Å²) in [4.78, 5) is 0. The van der Waals surface area contributed by atoms with Crippen molar-refractivity contribution < 1.29 is 0 Å². The van der Waals surface area contributed by atoms with E-state index in [0.29, 0.717) is 6.04 Å². The number of hydrogen-bond donors (Lipinski definition) is 1. The van der Waals surface area contributed by atoms with Crippen molar-refractivity contribution in [2.24, 2.45) is 11.8 Å². The molecule has 0 rings (SSSR count). The van der Waals surface area contributed by atoms with Crippen molar-refractivity contribution in [1.82, 2.24) is 5.32 Å². The standard InChI is InChI=1S/C16H33N/c1-7-9-13(3)11-16(10-8-2)14(4)12-15(5)17-6/h11,13-15,17H,7-10,12H2,1-6H3. The van der Waals surface area contributed by atoms with Gasteiger partial charge in [0.15, 0.2) is 0 Å². The van der Waals surface area contributed by atoms with E-state index in [1.807, 2.05) is 0 Å². The van der Waals surface area contributed by atoms with Crippen molar-refractivity contribution in [3.8, 4) is 0 Å². The predicted octanol–water partition coefficient (Wildman–Crippen LogP) is 4.78. The maximum atomic E-state index is 3.34. The molecule has 0 amide bonds. The fourth-order valence-corrected chi connectivity index (χ4v) is 2.49. The Morgan fingerprint density at radius 3 is 2.24 bits per heavy atom. The van der Waals surface area contributed by atoms with Crippen molar-refractivity contribution in [1.29, 1.82) is 0 Å². The van der Waals surface area contributed by atoms with Crippen LogP contribution in [0.5, 0.6) is 0 Å². The molecule has 0 radical (unpaired) electrons. The topological polar surface area (TPSA) is 12.0 Å². The Bertz CT molecular complexity index is 208. The molecule has 0 aliphatic rings. The van der Waals surface area contributed by atoms with Gasteiger partial charge in [0.2, 0.25) is 0 Å². The molecule has 0 saturated heterocycles. The highest BCUT2D eigenvalue weighted by molar-refractivity contribution is 5.08. The van der Waals surface area contributed by atoms with Gasteiger partial charge in [-0.05, 0) is 45.1 Å². The van der Waals surface area contributed by atoms with Crippen molar-refractivity contribution in [2.45, 2.75) is 72.8 Å². The van der Waals surface area contributed by atoms with E-state index in [2.05, 4.69) is 53.1 Å². The number of hydrogen-bond acceptors (Lipinski definition) is 1. The lowest BCUT2D eigenvalue weighted by Crippen LogP contribution is -2.24. The summed E-state index contributed by atoms with van der Waals surface area (Å²) in [6, 6.07) is 0.617. The van der Waals surface area contributed by atoms with Gasteiger partial charge in [0.1, 0.15) is 0 Å². The molecule has 0 saturated carbocycles. The van der Waals surface area contributed by atoms with Crippen LogP contribution in [0.1, 0.15) is 66.7 Å². The SMILES string of the molecule is CCCC(=CC(C)CCC)C(C)CC(C)NC. The molecule has 3 atom stereocenters. The molecule has 0 aromatic rings. The number of nitrogens with one attached hydrogen (secondary N) is 1. The smallest absolute Gasteiger partial charge is 0.00413 e. The van der Waals surface area contributed by atoms with Gasteiger partial charge in [0.25, 0.3) is 0 Å². The summed E-state index contributed by atoms with van der Waals surface area (Å²) in [7, 11) is 2.06. The first-order valence-electron chi connectivity index (χ1n) is 7.42. The first kappa shape index (κ1) is 16.7. The summed E-state index contributed by atoms with van der Waals surface area (Å²) in [5, 5.41) is 3.34. The van der Waals surface area contributed by atoms with Crippen LogP contribution in [0.25, 0.3) is 0 Å². The molecule has 0 bridgehead atoms. The molecule has 1 N–H and O–H groups in total. The summed E-state index contributed by atoms with van der Waals surface area (Å²) in [5.41, 5.74) is 1.68. The third kappa shape index (κ3) is 7.59. The summed E-state index contributed by atoms with van der Waals surface area (Å²) in [6.45, 7) is 11.6. The molecule has 1 heteroatoms. The lowest BCUT2D eigenvalue weighted by Gasteiger charge is -2.21. The molecule has 0 aromatic carbocycles. The van der Waals surface area contributed by atoms with Crippen molar-refractivity contribution in [2.75, 3.05) is 7.05 Å². The molecular weight excluding hydrogens is 206 g/mol.